The van der Waals surface area contributed by atoms with Crippen LogP contribution in [0, 0.1) is 0 Å². The van der Waals surface area contributed by atoms with Crippen LogP contribution in [0.15, 0.2) is 0 Å². The molecule has 3 nitrogen and oxygen atoms in total. The average molecular weight is 189 g/mol. The summed E-state index contributed by atoms with van der Waals surface area (Å²) in [6, 6.07) is 0.298. The Bertz CT molecular complexity index is 109. The first-order valence-electron chi connectivity index (χ1n) is 5.12. The topological polar surface area (TPSA) is 30.5 Å². The standard InChI is InChI=1S/C10H23NO2/c1-5-7-12-8-10(11-4)9(3)13-6-2/h9-11H,5-8H2,1-4H3. The number of hydrogen-bond donors (Lipinski definition) is 1. The molecule has 0 heterocycles. The van der Waals surface area contributed by atoms with E-state index in [1.807, 2.05) is 14.0 Å². The van der Waals surface area contributed by atoms with Gasteiger partial charge >= 0.3 is 0 Å². The van der Waals surface area contributed by atoms with Gasteiger partial charge in [0.15, 0.2) is 0 Å². The molecule has 0 aromatic heterocycles. The predicted octanol–water partition coefficient (Wildman–Crippen LogP) is 1.43. The quantitative estimate of drug-likeness (QED) is 0.586. The van der Waals surface area contributed by atoms with Crippen LogP contribution in [-0.2, 0) is 9.47 Å². The fourth-order valence-corrected chi connectivity index (χ4v) is 1.19. The fourth-order valence-electron chi connectivity index (χ4n) is 1.19. The van der Waals surface area contributed by atoms with Gasteiger partial charge in [-0.05, 0) is 27.3 Å². The van der Waals surface area contributed by atoms with Crippen molar-refractivity contribution in [2.24, 2.45) is 0 Å². The smallest absolute Gasteiger partial charge is 0.0722 e. The summed E-state index contributed by atoms with van der Waals surface area (Å²) in [6.45, 7) is 8.51. The molecule has 0 aromatic rings. The number of hydrogen-bond acceptors (Lipinski definition) is 3. The lowest BCUT2D eigenvalue weighted by Gasteiger charge is -2.23. The highest BCUT2D eigenvalue weighted by Gasteiger charge is 2.14. The van der Waals surface area contributed by atoms with Crippen molar-refractivity contribution >= 4 is 0 Å². The molecular formula is C10H23NO2. The van der Waals surface area contributed by atoms with E-state index in [4.69, 9.17) is 9.47 Å². The molecule has 0 amide bonds. The minimum atomic E-state index is 0.215. The molecule has 0 saturated carbocycles. The van der Waals surface area contributed by atoms with E-state index < -0.39 is 0 Å². The van der Waals surface area contributed by atoms with E-state index in [1.54, 1.807) is 0 Å². The Morgan fingerprint density at radius 2 is 2.00 bits per heavy atom. The lowest BCUT2D eigenvalue weighted by molar-refractivity contribution is 0.0127. The zero-order chi connectivity index (χ0) is 10.1. The van der Waals surface area contributed by atoms with E-state index >= 15 is 0 Å². The second-order valence-corrected chi connectivity index (χ2v) is 3.13. The molecule has 0 radical (unpaired) electrons. The summed E-state index contributed by atoms with van der Waals surface area (Å²) in [4.78, 5) is 0. The van der Waals surface area contributed by atoms with Gasteiger partial charge in [-0.25, -0.2) is 0 Å². The molecule has 0 aromatic carbocycles. The molecule has 13 heavy (non-hydrogen) atoms. The van der Waals surface area contributed by atoms with Gasteiger partial charge in [0.05, 0.1) is 18.8 Å². The number of nitrogens with one attached hydrogen (secondary N) is 1. The van der Waals surface area contributed by atoms with Crippen molar-refractivity contribution < 1.29 is 9.47 Å². The molecule has 2 unspecified atom stereocenters. The lowest BCUT2D eigenvalue weighted by Crippen LogP contribution is -2.41. The van der Waals surface area contributed by atoms with Crippen LogP contribution >= 0.6 is 0 Å². The number of rotatable bonds is 8. The van der Waals surface area contributed by atoms with Crippen LogP contribution in [-0.4, -0.2) is 39.0 Å². The summed E-state index contributed by atoms with van der Waals surface area (Å²) in [7, 11) is 1.94. The van der Waals surface area contributed by atoms with E-state index in [1.165, 1.54) is 0 Å². The maximum absolute atomic E-state index is 5.48. The van der Waals surface area contributed by atoms with Crippen molar-refractivity contribution in [2.45, 2.75) is 39.3 Å². The molecule has 0 fully saturated rings. The Balaban J connectivity index is 3.60. The Morgan fingerprint density at radius 1 is 1.31 bits per heavy atom. The van der Waals surface area contributed by atoms with Gasteiger partial charge in [0.1, 0.15) is 0 Å². The molecule has 1 N–H and O–H groups in total. The molecule has 0 spiro atoms. The maximum atomic E-state index is 5.48. The van der Waals surface area contributed by atoms with Gasteiger partial charge in [0.2, 0.25) is 0 Å². The minimum Gasteiger partial charge on any atom is -0.380 e. The number of likely N-dealkylation sites (N-methyl/N-ethyl adjacent to an activating group) is 1. The highest BCUT2D eigenvalue weighted by molar-refractivity contribution is 4.71. The van der Waals surface area contributed by atoms with Crippen molar-refractivity contribution in [3.8, 4) is 0 Å². The molecule has 3 heteroatoms. The Hall–Kier alpha value is -0.120. The molecule has 0 rings (SSSR count). The van der Waals surface area contributed by atoms with Crippen molar-refractivity contribution in [1.82, 2.24) is 5.32 Å². The first-order valence-corrected chi connectivity index (χ1v) is 5.12. The summed E-state index contributed by atoms with van der Waals surface area (Å²) in [6.07, 6.45) is 1.28. The summed E-state index contributed by atoms with van der Waals surface area (Å²) < 4.78 is 10.9. The summed E-state index contributed by atoms with van der Waals surface area (Å²) in [5.41, 5.74) is 0. The SMILES string of the molecule is CCCOCC(NC)C(C)OCC. The van der Waals surface area contributed by atoms with Crippen LogP contribution in [0.3, 0.4) is 0 Å². The van der Waals surface area contributed by atoms with Gasteiger partial charge in [0, 0.05) is 13.2 Å². The molecule has 0 aliphatic heterocycles. The Kier molecular flexibility index (Phi) is 8.40. The maximum Gasteiger partial charge on any atom is 0.0722 e. The highest BCUT2D eigenvalue weighted by Crippen LogP contribution is 1.99. The lowest BCUT2D eigenvalue weighted by atomic mass is 10.2. The van der Waals surface area contributed by atoms with Crippen LogP contribution in [0.5, 0.6) is 0 Å². The van der Waals surface area contributed by atoms with E-state index in [2.05, 4.69) is 19.2 Å². The minimum absolute atomic E-state index is 0.215. The van der Waals surface area contributed by atoms with E-state index in [9.17, 15) is 0 Å². The monoisotopic (exact) mass is 189 g/mol. The molecular weight excluding hydrogens is 166 g/mol. The van der Waals surface area contributed by atoms with Gasteiger partial charge in [0.25, 0.3) is 0 Å². The van der Waals surface area contributed by atoms with E-state index in [-0.39, 0.29) is 6.10 Å². The molecule has 80 valence electrons. The normalized spacial score (nSPS) is 15.7. The first kappa shape index (κ1) is 12.9. The first-order chi connectivity index (χ1) is 6.26. The Morgan fingerprint density at radius 3 is 2.46 bits per heavy atom. The zero-order valence-corrected chi connectivity index (χ0v) is 9.30. The second kappa shape index (κ2) is 8.48. The van der Waals surface area contributed by atoms with Crippen LogP contribution in [0.25, 0.3) is 0 Å². The van der Waals surface area contributed by atoms with Gasteiger partial charge in [-0.15, -0.1) is 0 Å². The van der Waals surface area contributed by atoms with Crippen molar-refractivity contribution in [3.05, 3.63) is 0 Å². The fraction of sp³-hybridized carbons (Fsp3) is 1.00. The molecule has 2 atom stereocenters. The van der Waals surface area contributed by atoms with Crippen LogP contribution in [0.2, 0.25) is 0 Å². The second-order valence-electron chi connectivity index (χ2n) is 3.13. The summed E-state index contributed by atoms with van der Waals surface area (Å²) in [5.74, 6) is 0. The molecule has 0 saturated heterocycles. The van der Waals surface area contributed by atoms with Crippen LogP contribution in [0.4, 0.5) is 0 Å². The third kappa shape index (κ3) is 6.02. The molecule has 0 aliphatic rings. The zero-order valence-electron chi connectivity index (χ0n) is 9.30. The van der Waals surface area contributed by atoms with E-state index in [0.717, 1.165) is 26.2 Å². The summed E-state index contributed by atoms with van der Waals surface area (Å²) in [5, 5.41) is 3.20. The number of ether oxygens (including phenoxy) is 2. The van der Waals surface area contributed by atoms with Crippen molar-refractivity contribution in [2.75, 3.05) is 26.9 Å². The Labute approximate surface area is 81.8 Å². The molecule has 0 aliphatic carbocycles. The third-order valence-electron chi connectivity index (χ3n) is 2.01. The largest absolute Gasteiger partial charge is 0.380 e. The van der Waals surface area contributed by atoms with Crippen molar-refractivity contribution in [1.29, 1.82) is 0 Å². The highest BCUT2D eigenvalue weighted by atomic mass is 16.5. The van der Waals surface area contributed by atoms with Gasteiger partial charge < -0.3 is 14.8 Å². The summed E-state index contributed by atoms with van der Waals surface area (Å²) >= 11 is 0. The van der Waals surface area contributed by atoms with Gasteiger partial charge in [-0.2, -0.15) is 0 Å². The van der Waals surface area contributed by atoms with Gasteiger partial charge in [-0.1, -0.05) is 6.92 Å². The van der Waals surface area contributed by atoms with Crippen LogP contribution < -0.4 is 5.32 Å². The molecule has 0 bridgehead atoms. The third-order valence-corrected chi connectivity index (χ3v) is 2.01. The van der Waals surface area contributed by atoms with Crippen molar-refractivity contribution in [3.63, 3.8) is 0 Å². The predicted molar refractivity (Wildman–Crippen MR) is 55.0 cm³/mol. The van der Waals surface area contributed by atoms with E-state index in [0.29, 0.717) is 6.04 Å². The van der Waals surface area contributed by atoms with Crippen LogP contribution in [0.1, 0.15) is 27.2 Å². The average Bonchev–Trinajstić information content (AvgIpc) is 2.13. The van der Waals surface area contributed by atoms with Gasteiger partial charge in [-0.3, -0.25) is 0 Å².